The molecule has 1 aliphatic heterocycles. The summed E-state index contributed by atoms with van der Waals surface area (Å²) in [4.78, 5) is 2.40. The summed E-state index contributed by atoms with van der Waals surface area (Å²) in [7, 11) is 0. The van der Waals surface area contributed by atoms with E-state index in [4.69, 9.17) is 0 Å². The summed E-state index contributed by atoms with van der Waals surface area (Å²) in [5.41, 5.74) is 0.245. The van der Waals surface area contributed by atoms with Crippen LogP contribution in [0.3, 0.4) is 0 Å². The molecule has 1 heterocycles. The Bertz CT molecular complexity index is 156. The van der Waals surface area contributed by atoms with Gasteiger partial charge in [-0.25, -0.2) is 0 Å². The lowest BCUT2D eigenvalue weighted by atomic mass is 9.89. The van der Waals surface area contributed by atoms with Crippen LogP contribution in [0.4, 0.5) is 0 Å². The Kier molecular flexibility index (Phi) is 4.39. The van der Waals surface area contributed by atoms with Gasteiger partial charge >= 0.3 is 0 Å². The molecule has 1 saturated heterocycles. The Morgan fingerprint density at radius 1 is 1.14 bits per heavy atom. The van der Waals surface area contributed by atoms with Crippen molar-refractivity contribution in [1.82, 2.24) is 4.90 Å². The maximum atomic E-state index is 9.90. The zero-order valence-electron chi connectivity index (χ0n) is 9.92. The van der Waals surface area contributed by atoms with E-state index >= 15 is 0 Å². The van der Waals surface area contributed by atoms with Crippen LogP contribution in [0.5, 0.6) is 0 Å². The van der Waals surface area contributed by atoms with Crippen LogP contribution in [0.1, 0.15) is 46.5 Å². The second-order valence-electron chi connectivity index (χ2n) is 5.78. The van der Waals surface area contributed by atoms with Gasteiger partial charge in [0.2, 0.25) is 0 Å². The predicted molar refractivity (Wildman–Crippen MR) is 60.4 cm³/mol. The number of likely N-dealkylation sites (tertiary alicyclic amines) is 1. The number of piperidine rings is 1. The summed E-state index contributed by atoms with van der Waals surface area (Å²) in [5, 5.41) is 9.90. The molecule has 0 unspecified atom stereocenters. The molecule has 1 N–H and O–H groups in total. The molecule has 0 saturated carbocycles. The van der Waals surface area contributed by atoms with E-state index in [1.807, 2.05) is 0 Å². The number of β-amino-alcohol motifs (C(OH)–C–C–N with tert-alkyl or cyclic N) is 1. The largest absolute Gasteiger partial charge is 0.392 e. The van der Waals surface area contributed by atoms with Crippen LogP contribution in [0.15, 0.2) is 0 Å². The first-order valence-electron chi connectivity index (χ1n) is 5.88. The molecule has 0 spiro atoms. The standard InChI is InChI=1S/C12H25NO/c1-12(2,3)9-11(14)10-13-7-5-4-6-8-13/h11,14H,4-10H2,1-3H3/t11-/m0/s1. The number of hydrogen-bond donors (Lipinski definition) is 1. The van der Waals surface area contributed by atoms with Crippen LogP contribution in [-0.4, -0.2) is 35.7 Å². The van der Waals surface area contributed by atoms with Gasteiger partial charge in [-0.05, 0) is 37.8 Å². The van der Waals surface area contributed by atoms with Gasteiger partial charge in [-0.3, -0.25) is 0 Å². The number of rotatable bonds is 3. The molecule has 1 atom stereocenters. The molecule has 2 nitrogen and oxygen atoms in total. The van der Waals surface area contributed by atoms with E-state index in [1.54, 1.807) is 0 Å². The van der Waals surface area contributed by atoms with Gasteiger partial charge in [0, 0.05) is 6.54 Å². The van der Waals surface area contributed by atoms with E-state index in [9.17, 15) is 5.11 Å². The Morgan fingerprint density at radius 2 is 1.71 bits per heavy atom. The summed E-state index contributed by atoms with van der Waals surface area (Å²) in [6, 6.07) is 0. The first kappa shape index (κ1) is 12.0. The first-order valence-corrected chi connectivity index (χ1v) is 5.88. The third kappa shape index (κ3) is 4.97. The van der Waals surface area contributed by atoms with E-state index in [0.717, 1.165) is 13.0 Å². The minimum absolute atomic E-state index is 0.145. The van der Waals surface area contributed by atoms with Gasteiger partial charge in [0.15, 0.2) is 0 Å². The lowest BCUT2D eigenvalue weighted by Crippen LogP contribution is -2.37. The zero-order chi connectivity index (χ0) is 10.6. The van der Waals surface area contributed by atoms with Crippen molar-refractivity contribution < 1.29 is 5.11 Å². The fraction of sp³-hybridized carbons (Fsp3) is 1.00. The second kappa shape index (κ2) is 5.13. The molecule has 0 aromatic rings. The molecule has 0 aromatic carbocycles. The summed E-state index contributed by atoms with van der Waals surface area (Å²) in [6.45, 7) is 9.80. The molecule has 0 aromatic heterocycles. The maximum absolute atomic E-state index is 9.90. The zero-order valence-corrected chi connectivity index (χ0v) is 9.92. The molecule has 1 fully saturated rings. The van der Waals surface area contributed by atoms with Crippen molar-refractivity contribution in [2.24, 2.45) is 5.41 Å². The van der Waals surface area contributed by atoms with Gasteiger partial charge in [-0.15, -0.1) is 0 Å². The van der Waals surface area contributed by atoms with Crippen LogP contribution in [0.25, 0.3) is 0 Å². The van der Waals surface area contributed by atoms with E-state index in [2.05, 4.69) is 25.7 Å². The van der Waals surface area contributed by atoms with Crippen molar-refractivity contribution in [1.29, 1.82) is 0 Å². The van der Waals surface area contributed by atoms with Crippen LogP contribution in [0, 0.1) is 5.41 Å². The quantitative estimate of drug-likeness (QED) is 0.753. The molecular weight excluding hydrogens is 174 g/mol. The minimum atomic E-state index is -0.145. The topological polar surface area (TPSA) is 23.5 Å². The van der Waals surface area contributed by atoms with Crippen molar-refractivity contribution in [3.63, 3.8) is 0 Å². The predicted octanol–water partition coefficient (Wildman–Crippen LogP) is 2.27. The van der Waals surface area contributed by atoms with E-state index in [-0.39, 0.29) is 11.5 Å². The monoisotopic (exact) mass is 199 g/mol. The highest BCUT2D eigenvalue weighted by atomic mass is 16.3. The molecule has 14 heavy (non-hydrogen) atoms. The molecule has 1 aliphatic rings. The van der Waals surface area contributed by atoms with E-state index in [0.29, 0.717) is 0 Å². The van der Waals surface area contributed by atoms with Crippen molar-refractivity contribution in [3.8, 4) is 0 Å². The Labute approximate surface area is 88.3 Å². The maximum Gasteiger partial charge on any atom is 0.0672 e. The highest BCUT2D eigenvalue weighted by molar-refractivity contribution is 4.73. The van der Waals surface area contributed by atoms with Crippen molar-refractivity contribution >= 4 is 0 Å². The summed E-state index contributed by atoms with van der Waals surface area (Å²) >= 11 is 0. The SMILES string of the molecule is CC(C)(C)C[C@H](O)CN1CCCCC1. The molecule has 1 rings (SSSR count). The van der Waals surface area contributed by atoms with Gasteiger partial charge in [0.1, 0.15) is 0 Å². The van der Waals surface area contributed by atoms with Crippen molar-refractivity contribution in [2.45, 2.75) is 52.6 Å². The molecule has 0 amide bonds. The van der Waals surface area contributed by atoms with Crippen molar-refractivity contribution in [2.75, 3.05) is 19.6 Å². The fourth-order valence-electron chi connectivity index (χ4n) is 2.21. The average Bonchev–Trinajstić information content (AvgIpc) is 2.02. The second-order valence-corrected chi connectivity index (χ2v) is 5.78. The van der Waals surface area contributed by atoms with Crippen LogP contribution in [0.2, 0.25) is 0 Å². The Balaban J connectivity index is 2.21. The lowest BCUT2D eigenvalue weighted by molar-refractivity contribution is 0.0694. The fourth-order valence-corrected chi connectivity index (χ4v) is 2.21. The molecule has 0 radical (unpaired) electrons. The van der Waals surface area contributed by atoms with Gasteiger partial charge in [-0.2, -0.15) is 0 Å². The molecule has 0 aliphatic carbocycles. The molecule has 84 valence electrons. The summed E-state index contributed by atoms with van der Waals surface area (Å²) < 4.78 is 0. The van der Waals surface area contributed by atoms with Gasteiger partial charge in [0.25, 0.3) is 0 Å². The number of aliphatic hydroxyl groups excluding tert-OH is 1. The third-order valence-corrected chi connectivity index (χ3v) is 2.77. The van der Waals surface area contributed by atoms with Crippen LogP contribution >= 0.6 is 0 Å². The average molecular weight is 199 g/mol. The smallest absolute Gasteiger partial charge is 0.0672 e. The Morgan fingerprint density at radius 3 is 2.21 bits per heavy atom. The lowest BCUT2D eigenvalue weighted by Gasteiger charge is -2.30. The van der Waals surface area contributed by atoms with Gasteiger partial charge in [-0.1, -0.05) is 27.2 Å². The summed E-state index contributed by atoms with van der Waals surface area (Å²) in [6.07, 6.45) is 4.74. The summed E-state index contributed by atoms with van der Waals surface area (Å²) in [5.74, 6) is 0. The normalized spacial score (nSPS) is 22.3. The van der Waals surface area contributed by atoms with Crippen molar-refractivity contribution in [3.05, 3.63) is 0 Å². The highest BCUT2D eigenvalue weighted by Gasteiger charge is 2.19. The van der Waals surface area contributed by atoms with E-state index in [1.165, 1.54) is 32.4 Å². The van der Waals surface area contributed by atoms with E-state index < -0.39 is 0 Å². The van der Waals surface area contributed by atoms with Gasteiger partial charge < -0.3 is 10.0 Å². The van der Waals surface area contributed by atoms with Crippen LogP contribution in [-0.2, 0) is 0 Å². The highest BCUT2D eigenvalue weighted by Crippen LogP contribution is 2.21. The third-order valence-electron chi connectivity index (χ3n) is 2.77. The van der Waals surface area contributed by atoms with Crippen LogP contribution < -0.4 is 0 Å². The Hall–Kier alpha value is -0.0800. The first-order chi connectivity index (χ1) is 6.47. The minimum Gasteiger partial charge on any atom is -0.392 e. The van der Waals surface area contributed by atoms with Gasteiger partial charge in [0.05, 0.1) is 6.10 Å². The number of aliphatic hydroxyl groups is 1. The molecule has 2 heteroatoms. The molecular formula is C12H25NO. The number of nitrogens with zero attached hydrogens (tertiary/aromatic N) is 1. The number of hydrogen-bond acceptors (Lipinski definition) is 2. The molecule has 0 bridgehead atoms.